The summed E-state index contributed by atoms with van der Waals surface area (Å²) < 4.78 is 27.9. The van der Waals surface area contributed by atoms with Crippen LogP contribution >= 0.6 is 11.6 Å². The van der Waals surface area contributed by atoms with Crippen LogP contribution in [-0.4, -0.2) is 43.2 Å². The number of carbonyl (C=O) groups excluding carboxylic acids is 1. The van der Waals surface area contributed by atoms with E-state index in [4.69, 9.17) is 11.6 Å². The fourth-order valence-corrected chi connectivity index (χ4v) is 4.95. The molecule has 5 nitrogen and oxygen atoms in total. The monoisotopic (exact) mass is 434 g/mol. The van der Waals surface area contributed by atoms with Crippen LogP contribution in [-0.2, 0) is 21.4 Å². The van der Waals surface area contributed by atoms with Crippen molar-refractivity contribution in [1.82, 2.24) is 9.21 Å². The Bertz CT molecular complexity index is 920. The van der Waals surface area contributed by atoms with E-state index in [-0.39, 0.29) is 23.9 Å². The number of likely N-dealkylation sites (tertiary alicyclic amines) is 1. The SMILES string of the molecule is Cc1ccc(S(=O)(=O)N(CC(=O)N2CCCCCC2)Cc2ccc(Cl)cc2)cc1. The Morgan fingerprint density at radius 2 is 1.55 bits per heavy atom. The summed E-state index contributed by atoms with van der Waals surface area (Å²) in [6.45, 7) is 3.24. The molecule has 0 aromatic heterocycles. The zero-order chi connectivity index (χ0) is 20.9. The Morgan fingerprint density at radius 3 is 2.14 bits per heavy atom. The van der Waals surface area contributed by atoms with Crippen LogP contribution in [0.15, 0.2) is 53.4 Å². The van der Waals surface area contributed by atoms with E-state index in [0.29, 0.717) is 18.1 Å². The molecule has 1 heterocycles. The first kappa shape index (κ1) is 21.8. The standard InChI is InChI=1S/C22H27ClN2O3S/c1-18-6-12-21(13-7-18)29(27,28)25(16-19-8-10-20(23)11-9-19)17-22(26)24-14-4-2-3-5-15-24/h6-13H,2-5,14-17H2,1H3. The molecule has 0 bridgehead atoms. The number of halogens is 1. The van der Waals surface area contributed by atoms with Crippen molar-refractivity contribution in [3.05, 3.63) is 64.7 Å². The summed E-state index contributed by atoms with van der Waals surface area (Å²) in [5, 5.41) is 0.585. The van der Waals surface area contributed by atoms with Crippen LogP contribution in [0.4, 0.5) is 0 Å². The molecule has 0 radical (unpaired) electrons. The van der Waals surface area contributed by atoms with Gasteiger partial charge in [0.25, 0.3) is 0 Å². The van der Waals surface area contributed by atoms with Gasteiger partial charge >= 0.3 is 0 Å². The van der Waals surface area contributed by atoms with Crippen molar-refractivity contribution in [3.63, 3.8) is 0 Å². The van der Waals surface area contributed by atoms with E-state index in [9.17, 15) is 13.2 Å². The number of carbonyl (C=O) groups is 1. The molecular weight excluding hydrogens is 408 g/mol. The van der Waals surface area contributed by atoms with Crippen molar-refractivity contribution in [2.75, 3.05) is 19.6 Å². The van der Waals surface area contributed by atoms with Crippen LogP contribution in [0.5, 0.6) is 0 Å². The first-order valence-electron chi connectivity index (χ1n) is 9.95. The lowest BCUT2D eigenvalue weighted by molar-refractivity contribution is -0.131. The highest BCUT2D eigenvalue weighted by atomic mass is 35.5. The zero-order valence-corrected chi connectivity index (χ0v) is 18.3. The Hall–Kier alpha value is -1.89. The molecular formula is C22H27ClN2O3S. The average molecular weight is 435 g/mol. The second kappa shape index (κ2) is 9.74. The number of benzene rings is 2. The summed E-state index contributed by atoms with van der Waals surface area (Å²) in [5.41, 5.74) is 1.77. The average Bonchev–Trinajstić information content (AvgIpc) is 2.99. The molecule has 29 heavy (non-hydrogen) atoms. The van der Waals surface area contributed by atoms with E-state index in [1.807, 2.05) is 6.92 Å². The molecule has 1 saturated heterocycles. The molecule has 7 heteroatoms. The van der Waals surface area contributed by atoms with Gasteiger partial charge in [0.05, 0.1) is 11.4 Å². The molecule has 0 spiro atoms. The third-order valence-electron chi connectivity index (χ3n) is 5.20. The van der Waals surface area contributed by atoms with Gasteiger partial charge in [-0.25, -0.2) is 8.42 Å². The molecule has 3 rings (SSSR count). The molecule has 0 atom stereocenters. The molecule has 0 aliphatic carbocycles. The van der Waals surface area contributed by atoms with E-state index in [2.05, 4.69) is 0 Å². The van der Waals surface area contributed by atoms with E-state index >= 15 is 0 Å². The smallest absolute Gasteiger partial charge is 0.243 e. The van der Waals surface area contributed by atoms with Gasteiger partial charge in [-0.2, -0.15) is 4.31 Å². The van der Waals surface area contributed by atoms with Crippen LogP contribution in [0.1, 0.15) is 36.8 Å². The third kappa shape index (κ3) is 5.81. The van der Waals surface area contributed by atoms with Crippen molar-refractivity contribution in [1.29, 1.82) is 0 Å². The van der Waals surface area contributed by atoms with E-state index in [1.165, 1.54) is 4.31 Å². The quantitative estimate of drug-likeness (QED) is 0.683. The molecule has 1 aliphatic rings. The molecule has 1 amide bonds. The van der Waals surface area contributed by atoms with Crippen LogP contribution in [0.2, 0.25) is 5.02 Å². The second-order valence-electron chi connectivity index (χ2n) is 7.51. The van der Waals surface area contributed by atoms with Gasteiger partial charge in [-0.15, -0.1) is 0 Å². The van der Waals surface area contributed by atoms with Gasteiger partial charge in [0.2, 0.25) is 15.9 Å². The van der Waals surface area contributed by atoms with Crippen LogP contribution in [0, 0.1) is 6.92 Å². The fraction of sp³-hybridized carbons (Fsp3) is 0.409. The topological polar surface area (TPSA) is 57.7 Å². The number of sulfonamides is 1. The second-order valence-corrected chi connectivity index (χ2v) is 9.88. The van der Waals surface area contributed by atoms with Crippen LogP contribution in [0.3, 0.4) is 0 Å². The van der Waals surface area contributed by atoms with E-state index < -0.39 is 10.0 Å². The van der Waals surface area contributed by atoms with E-state index in [0.717, 1.165) is 36.8 Å². The first-order chi connectivity index (χ1) is 13.9. The highest BCUT2D eigenvalue weighted by Gasteiger charge is 2.29. The normalized spacial score (nSPS) is 15.3. The van der Waals surface area contributed by atoms with Crippen molar-refractivity contribution in [2.45, 2.75) is 44.0 Å². The third-order valence-corrected chi connectivity index (χ3v) is 7.26. The number of rotatable bonds is 6. The van der Waals surface area contributed by atoms with Gasteiger partial charge in [0.1, 0.15) is 0 Å². The molecule has 1 fully saturated rings. The summed E-state index contributed by atoms with van der Waals surface area (Å²) >= 11 is 5.96. The number of nitrogens with zero attached hydrogens (tertiary/aromatic N) is 2. The van der Waals surface area contributed by atoms with Crippen molar-refractivity contribution < 1.29 is 13.2 Å². The molecule has 0 N–H and O–H groups in total. The Kier molecular flexibility index (Phi) is 7.33. The predicted molar refractivity (Wildman–Crippen MR) is 115 cm³/mol. The largest absolute Gasteiger partial charge is 0.342 e. The summed E-state index contributed by atoms with van der Waals surface area (Å²) in [5.74, 6) is -0.142. The Morgan fingerprint density at radius 1 is 0.966 bits per heavy atom. The molecule has 1 aliphatic heterocycles. The minimum absolute atomic E-state index is 0.118. The van der Waals surface area contributed by atoms with Crippen LogP contribution < -0.4 is 0 Å². The number of aryl methyl sites for hydroxylation is 1. The van der Waals surface area contributed by atoms with Gasteiger partial charge in [-0.05, 0) is 49.6 Å². The lowest BCUT2D eigenvalue weighted by Crippen LogP contribution is -2.43. The summed E-state index contributed by atoms with van der Waals surface area (Å²) in [4.78, 5) is 14.9. The van der Waals surface area contributed by atoms with Crippen LogP contribution in [0.25, 0.3) is 0 Å². The summed E-state index contributed by atoms with van der Waals surface area (Å²) in [7, 11) is -3.82. The molecule has 156 valence electrons. The highest BCUT2D eigenvalue weighted by Crippen LogP contribution is 2.21. The zero-order valence-electron chi connectivity index (χ0n) is 16.7. The summed E-state index contributed by atoms with van der Waals surface area (Å²) in [6.07, 6.45) is 4.15. The molecule has 2 aromatic rings. The lowest BCUT2D eigenvalue weighted by Gasteiger charge is -2.26. The van der Waals surface area contributed by atoms with Gasteiger partial charge in [0.15, 0.2) is 0 Å². The summed E-state index contributed by atoms with van der Waals surface area (Å²) in [6, 6.07) is 13.8. The van der Waals surface area contributed by atoms with Gasteiger partial charge < -0.3 is 4.90 Å². The number of hydrogen-bond donors (Lipinski definition) is 0. The van der Waals surface area contributed by atoms with Gasteiger partial charge in [0, 0.05) is 24.7 Å². The van der Waals surface area contributed by atoms with Gasteiger partial charge in [-0.1, -0.05) is 54.3 Å². The molecule has 0 unspecified atom stereocenters. The first-order valence-corrected chi connectivity index (χ1v) is 11.8. The fourth-order valence-electron chi connectivity index (χ4n) is 3.45. The minimum atomic E-state index is -3.82. The Balaban J connectivity index is 1.86. The maximum Gasteiger partial charge on any atom is 0.243 e. The highest BCUT2D eigenvalue weighted by molar-refractivity contribution is 7.89. The van der Waals surface area contributed by atoms with E-state index in [1.54, 1.807) is 53.4 Å². The molecule has 2 aromatic carbocycles. The maximum absolute atomic E-state index is 13.3. The lowest BCUT2D eigenvalue weighted by atomic mass is 10.2. The molecule has 0 saturated carbocycles. The van der Waals surface area contributed by atoms with Gasteiger partial charge in [-0.3, -0.25) is 4.79 Å². The maximum atomic E-state index is 13.3. The van der Waals surface area contributed by atoms with Crippen molar-refractivity contribution >= 4 is 27.5 Å². The minimum Gasteiger partial charge on any atom is -0.342 e. The predicted octanol–water partition coefficient (Wildman–Crippen LogP) is 4.24. The Labute approximate surface area is 178 Å². The van der Waals surface area contributed by atoms with Crippen molar-refractivity contribution in [2.24, 2.45) is 0 Å². The van der Waals surface area contributed by atoms with Crippen molar-refractivity contribution in [3.8, 4) is 0 Å². The number of hydrogen-bond acceptors (Lipinski definition) is 3. The number of amides is 1.